The molecule has 49 heavy (non-hydrogen) atoms. The van der Waals surface area contributed by atoms with Crippen molar-refractivity contribution in [3.63, 3.8) is 0 Å². The minimum Gasteiger partial charge on any atom is -0.546 e. The molecule has 0 unspecified atom stereocenters. The molecule has 4 aromatic carbocycles. The molecular formula is C32H24Cl2F5NaO8S. The van der Waals surface area contributed by atoms with Crippen LogP contribution in [0.2, 0.25) is 10.0 Å². The van der Waals surface area contributed by atoms with E-state index in [1.165, 1.54) is 38.1 Å². The second-order valence-electron chi connectivity index (χ2n) is 10.1. The molecule has 0 saturated heterocycles. The van der Waals surface area contributed by atoms with Gasteiger partial charge in [-0.3, -0.25) is 0 Å². The van der Waals surface area contributed by atoms with E-state index in [4.69, 9.17) is 37.8 Å². The van der Waals surface area contributed by atoms with E-state index in [1.54, 1.807) is 0 Å². The molecule has 0 heterocycles. The number of carboxylic acid groups (broad SMARTS) is 2. The average Bonchev–Trinajstić information content (AvgIpc) is 2.98. The third-order valence-corrected chi connectivity index (χ3v) is 8.17. The number of halogens is 7. The molecule has 0 amide bonds. The zero-order valence-corrected chi connectivity index (χ0v) is 30.3. The van der Waals surface area contributed by atoms with Crippen LogP contribution in [-0.4, -0.2) is 43.9 Å². The normalized spacial score (nSPS) is 12.4. The first-order chi connectivity index (χ1) is 22.2. The number of hydrogen-bond acceptors (Lipinski definition) is 7. The Hall–Kier alpha value is -3.40. The Bertz CT molecular complexity index is 1960. The van der Waals surface area contributed by atoms with Gasteiger partial charge in [-0.15, -0.1) is 0 Å². The van der Waals surface area contributed by atoms with E-state index in [2.05, 4.69) is 0 Å². The van der Waals surface area contributed by atoms with Gasteiger partial charge < -0.3 is 24.5 Å². The summed E-state index contributed by atoms with van der Waals surface area (Å²) in [6.07, 6.45) is -6.11. The predicted molar refractivity (Wildman–Crippen MR) is 165 cm³/mol. The Balaban J connectivity index is 0.000000333. The van der Waals surface area contributed by atoms with E-state index in [-0.39, 0.29) is 72.7 Å². The molecule has 0 aliphatic carbocycles. The van der Waals surface area contributed by atoms with Crippen molar-refractivity contribution in [3.8, 4) is 33.8 Å². The monoisotopic (exact) mass is 756 g/mol. The molecule has 2 atom stereocenters. The van der Waals surface area contributed by atoms with Crippen molar-refractivity contribution < 1.29 is 89.2 Å². The Morgan fingerprint density at radius 1 is 0.755 bits per heavy atom. The number of rotatable bonds is 9. The number of alkyl halides is 3. The van der Waals surface area contributed by atoms with Crippen LogP contribution in [0.1, 0.15) is 19.4 Å². The van der Waals surface area contributed by atoms with Crippen molar-refractivity contribution in [1.82, 2.24) is 0 Å². The fourth-order valence-corrected chi connectivity index (χ4v) is 5.18. The number of hydrogen-bond donors (Lipinski definition) is 1. The molecule has 0 fully saturated rings. The summed E-state index contributed by atoms with van der Waals surface area (Å²) >= 11 is 12.1. The van der Waals surface area contributed by atoms with Crippen LogP contribution in [0.25, 0.3) is 22.3 Å². The van der Waals surface area contributed by atoms with Crippen molar-refractivity contribution in [3.05, 3.63) is 100 Å². The number of aliphatic carboxylic acids is 2. The van der Waals surface area contributed by atoms with E-state index >= 15 is 0 Å². The Kier molecular flexibility index (Phi) is 14.5. The molecule has 17 heteroatoms. The van der Waals surface area contributed by atoms with Crippen molar-refractivity contribution >= 4 is 45.0 Å². The van der Waals surface area contributed by atoms with Crippen LogP contribution < -0.4 is 44.1 Å². The average molecular weight is 757 g/mol. The molecular weight excluding hydrogens is 733 g/mol. The van der Waals surface area contributed by atoms with Crippen molar-refractivity contribution in [2.45, 2.75) is 37.1 Å². The van der Waals surface area contributed by atoms with Gasteiger partial charge in [-0.1, -0.05) is 29.3 Å². The number of sulfone groups is 1. The van der Waals surface area contributed by atoms with E-state index in [1.807, 2.05) is 0 Å². The van der Waals surface area contributed by atoms with E-state index in [9.17, 15) is 45.1 Å². The van der Waals surface area contributed by atoms with Crippen LogP contribution in [0, 0.1) is 11.6 Å². The van der Waals surface area contributed by atoms with E-state index in [0.29, 0.717) is 5.56 Å². The van der Waals surface area contributed by atoms with Gasteiger partial charge in [0, 0.05) is 38.6 Å². The summed E-state index contributed by atoms with van der Waals surface area (Å²) in [5, 5.41) is 19.7. The van der Waals surface area contributed by atoms with Crippen molar-refractivity contribution in [2.24, 2.45) is 0 Å². The molecule has 8 nitrogen and oxygen atoms in total. The molecule has 0 aliphatic heterocycles. The molecule has 4 aromatic rings. The fourth-order valence-electron chi connectivity index (χ4n) is 3.96. The van der Waals surface area contributed by atoms with Gasteiger partial charge in [-0.25, -0.2) is 22.0 Å². The van der Waals surface area contributed by atoms with Gasteiger partial charge in [-0.2, -0.15) is 13.2 Å². The summed E-state index contributed by atoms with van der Waals surface area (Å²) in [5.41, 5.74) is -0.653. The van der Waals surface area contributed by atoms with Crippen LogP contribution in [0.5, 0.6) is 11.5 Å². The quantitative estimate of drug-likeness (QED) is 0.200. The number of benzene rings is 4. The summed E-state index contributed by atoms with van der Waals surface area (Å²) in [6.45, 7) is 2.51. The van der Waals surface area contributed by atoms with Gasteiger partial charge in [-0.05, 0) is 80.6 Å². The number of carbonyl (C=O) groups is 2. The summed E-state index contributed by atoms with van der Waals surface area (Å²) < 4.78 is 99.4. The standard InChI is InChI=1S/C16H11ClF4O3.C16H14ClFO5S.Na/c1-8(15(22)23)24-14-5-3-10(18)7-12(14)11-6-9(16(19,20)21)2-4-13(11)17;1-9(16(19)20)23-15-6-3-10(18)7-13(15)12-5-4-11(8-14(12)17)24(2,21)22;/h2-8H,1H3,(H,22,23);3-9H,1-2H3,(H,19,20);/q;;+1/p-1/t8-;9-;/m00./s1. The van der Waals surface area contributed by atoms with Crippen LogP contribution in [0.4, 0.5) is 22.0 Å². The Morgan fingerprint density at radius 2 is 1.27 bits per heavy atom. The van der Waals surface area contributed by atoms with Crippen LogP contribution >= 0.6 is 23.2 Å². The summed E-state index contributed by atoms with van der Waals surface area (Å²) in [6, 6.07) is 13.2. The number of ether oxygens (including phenoxy) is 2. The third-order valence-electron chi connectivity index (χ3n) is 6.41. The third kappa shape index (κ3) is 11.3. The zero-order chi connectivity index (χ0) is 36.1. The summed E-state index contributed by atoms with van der Waals surface area (Å²) in [4.78, 5) is 21.8. The molecule has 4 rings (SSSR count). The first kappa shape index (κ1) is 41.8. The van der Waals surface area contributed by atoms with Crippen molar-refractivity contribution in [2.75, 3.05) is 6.26 Å². The second-order valence-corrected chi connectivity index (χ2v) is 12.9. The molecule has 0 radical (unpaired) electrons. The molecule has 0 spiro atoms. The maximum Gasteiger partial charge on any atom is 1.00 e. The van der Waals surface area contributed by atoms with Crippen LogP contribution in [-0.2, 0) is 25.6 Å². The molecule has 0 aliphatic rings. The molecule has 0 saturated carbocycles. The van der Waals surface area contributed by atoms with Gasteiger partial charge in [0.25, 0.3) is 0 Å². The van der Waals surface area contributed by atoms with E-state index < -0.39 is 57.4 Å². The topological polar surface area (TPSA) is 130 Å². The zero-order valence-electron chi connectivity index (χ0n) is 25.9. The Morgan fingerprint density at radius 3 is 1.71 bits per heavy atom. The summed E-state index contributed by atoms with van der Waals surface area (Å²) in [7, 11) is -3.44. The maximum atomic E-state index is 13.6. The van der Waals surface area contributed by atoms with Gasteiger partial charge in [0.15, 0.2) is 15.9 Å². The maximum absolute atomic E-state index is 13.6. The van der Waals surface area contributed by atoms with Gasteiger partial charge in [0.1, 0.15) is 29.2 Å². The van der Waals surface area contributed by atoms with Gasteiger partial charge >= 0.3 is 41.7 Å². The SMILES string of the molecule is C[C@H](Oc1ccc(F)cc1-c1cc(C(F)(F)F)ccc1Cl)C(=O)[O-].C[C@H](Oc1ccc(F)cc1-c1ccc(S(C)(=O)=O)cc1Cl)C(=O)O.[Na+]. The number of carboxylic acids is 2. The minimum absolute atomic E-state index is 0. The first-order valence-corrected chi connectivity index (χ1v) is 16.1. The Labute approximate surface area is 309 Å². The van der Waals surface area contributed by atoms with E-state index in [0.717, 1.165) is 54.8 Å². The predicted octanol–water partition coefficient (Wildman–Crippen LogP) is 4.09. The largest absolute Gasteiger partial charge is 1.00 e. The molecule has 256 valence electrons. The van der Waals surface area contributed by atoms with Crippen molar-refractivity contribution in [1.29, 1.82) is 0 Å². The first-order valence-electron chi connectivity index (χ1n) is 13.4. The number of carbonyl (C=O) groups excluding carboxylic acids is 1. The van der Waals surface area contributed by atoms with Gasteiger partial charge in [0.2, 0.25) is 0 Å². The molecule has 1 N–H and O–H groups in total. The second kappa shape index (κ2) is 17.0. The van der Waals surface area contributed by atoms with Gasteiger partial charge in [0.05, 0.1) is 16.4 Å². The smallest absolute Gasteiger partial charge is 0.546 e. The van der Waals surface area contributed by atoms with Crippen LogP contribution in [0.3, 0.4) is 0 Å². The fraction of sp³-hybridized carbons (Fsp3) is 0.188. The summed E-state index contributed by atoms with van der Waals surface area (Å²) in [5.74, 6) is -4.02. The minimum atomic E-state index is -4.62. The molecule has 0 bridgehead atoms. The molecule has 0 aromatic heterocycles. The van der Waals surface area contributed by atoms with Crippen LogP contribution in [0.15, 0.2) is 77.7 Å².